The van der Waals surface area contributed by atoms with Gasteiger partial charge in [0.1, 0.15) is 6.04 Å². The van der Waals surface area contributed by atoms with Crippen molar-refractivity contribution >= 4 is 22.5 Å². The van der Waals surface area contributed by atoms with E-state index in [0.717, 1.165) is 5.69 Å². The molecule has 1 atom stereocenters. The fraction of sp³-hybridized carbons (Fsp3) is 0.789. The number of hydrogen-bond acceptors (Lipinski definition) is 4. The molecule has 7 heteroatoms. The molecule has 0 unspecified atom stereocenters. The maximum Gasteiger partial charge on any atom is 0.310 e. The van der Waals surface area contributed by atoms with Gasteiger partial charge < -0.3 is 14.0 Å². The van der Waals surface area contributed by atoms with Crippen LogP contribution >= 0.6 is 0 Å². The van der Waals surface area contributed by atoms with Crippen molar-refractivity contribution in [3.05, 3.63) is 18.2 Å². The number of carbonyl (C=O) groups is 1. The topological polar surface area (TPSA) is 56.2 Å². The third-order valence-corrected chi connectivity index (χ3v) is 15.9. The van der Waals surface area contributed by atoms with E-state index in [1.807, 2.05) is 13.4 Å². The summed E-state index contributed by atoms with van der Waals surface area (Å²) in [6.07, 6.45) is 4.59. The van der Waals surface area contributed by atoms with Gasteiger partial charge in [0, 0.05) is 12.6 Å². The van der Waals surface area contributed by atoms with Crippen LogP contribution in [0.5, 0.6) is 0 Å². The van der Waals surface area contributed by atoms with Gasteiger partial charge in [-0.05, 0) is 30.2 Å². The number of rotatable bonds is 6. The van der Waals surface area contributed by atoms with Gasteiger partial charge in [-0.15, -0.1) is 0 Å². The molecule has 0 saturated heterocycles. The molecule has 0 spiro atoms. The summed E-state index contributed by atoms with van der Waals surface area (Å²) in [4.78, 5) is 17.3. The second kappa shape index (κ2) is 7.60. The van der Waals surface area contributed by atoms with Gasteiger partial charge in [-0.25, -0.2) is 4.98 Å². The first-order valence-electron chi connectivity index (χ1n) is 9.46. The predicted octanol–water partition coefficient (Wildman–Crippen LogP) is 4.42. The monoisotopic (exact) mass is 397 g/mol. The maximum absolute atomic E-state index is 12.7. The van der Waals surface area contributed by atoms with E-state index < -0.39 is 16.6 Å². The van der Waals surface area contributed by atoms with Crippen molar-refractivity contribution in [2.75, 3.05) is 7.05 Å². The van der Waals surface area contributed by atoms with E-state index in [4.69, 9.17) is 4.43 Å². The van der Waals surface area contributed by atoms with Crippen molar-refractivity contribution in [3.8, 4) is 0 Å². The van der Waals surface area contributed by atoms with Crippen LogP contribution in [-0.2, 0) is 15.6 Å². The third-order valence-electron chi connectivity index (χ3n) is 6.33. The van der Waals surface area contributed by atoms with E-state index in [1.165, 1.54) is 0 Å². The molecule has 0 amide bonds. The molecule has 0 aromatic carbocycles. The zero-order valence-electron chi connectivity index (χ0n) is 18.7. The molecule has 0 radical (unpaired) electrons. The summed E-state index contributed by atoms with van der Waals surface area (Å²) < 4.78 is 8.25. The minimum atomic E-state index is -2.12. The SMILES string of the molecule is CN[C@@H](Cc1cn([Si](C)(C)C(C)(C)C)cn1)C(=O)O[Si](C)(C)C(C)(C)C. The summed E-state index contributed by atoms with van der Waals surface area (Å²) >= 11 is 0. The lowest BCUT2D eigenvalue weighted by molar-refractivity contribution is -0.137. The summed E-state index contributed by atoms with van der Waals surface area (Å²) in [5, 5.41) is 3.35. The molecular formula is C19H39N3O2Si2. The van der Waals surface area contributed by atoms with E-state index >= 15 is 0 Å². The molecule has 0 fully saturated rings. The zero-order valence-corrected chi connectivity index (χ0v) is 20.7. The van der Waals surface area contributed by atoms with Crippen LogP contribution in [0.25, 0.3) is 0 Å². The van der Waals surface area contributed by atoms with Crippen molar-refractivity contribution in [2.45, 2.75) is 90.3 Å². The van der Waals surface area contributed by atoms with Gasteiger partial charge in [0.25, 0.3) is 8.32 Å². The molecule has 1 rings (SSSR count). The van der Waals surface area contributed by atoms with Gasteiger partial charge in [0.15, 0.2) is 8.24 Å². The van der Waals surface area contributed by atoms with Gasteiger partial charge in [-0.1, -0.05) is 54.6 Å². The highest BCUT2D eigenvalue weighted by atomic mass is 28.4. The van der Waals surface area contributed by atoms with Gasteiger partial charge in [-0.2, -0.15) is 0 Å². The Kier molecular flexibility index (Phi) is 6.75. The lowest BCUT2D eigenvalue weighted by atomic mass is 10.2. The van der Waals surface area contributed by atoms with Crippen molar-refractivity contribution in [1.82, 2.24) is 14.5 Å². The van der Waals surface area contributed by atoms with Crippen LogP contribution in [0.3, 0.4) is 0 Å². The minimum Gasteiger partial charge on any atom is -0.518 e. The van der Waals surface area contributed by atoms with Crippen LogP contribution in [0.4, 0.5) is 0 Å². The van der Waals surface area contributed by atoms with Crippen molar-refractivity contribution in [1.29, 1.82) is 0 Å². The Bertz CT molecular complexity index is 625. The standard InChI is InChI=1S/C19H39N3O2Si2/c1-18(2,3)25(8,9)22-13-15(21-14-22)12-16(20-7)17(23)24-26(10,11)19(4,5)6/h13-14,16,20H,12H2,1-11H3/t16-/m0/s1. The highest BCUT2D eigenvalue weighted by Gasteiger charge is 2.42. The molecular weight excluding hydrogens is 358 g/mol. The van der Waals surface area contributed by atoms with Gasteiger partial charge in [0.05, 0.1) is 12.0 Å². The van der Waals surface area contributed by atoms with Gasteiger partial charge in [0.2, 0.25) is 0 Å². The van der Waals surface area contributed by atoms with Crippen LogP contribution in [0, 0.1) is 0 Å². The fourth-order valence-electron chi connectivity index (χ4n) is 2.15. The molecule has 0 aliphatic carbocycles. The highest BCUT2D eigenvalue weighted by Crippen LogP contribution is 2.37. The third kappa shape index (κ3) is 5.07. The highest BCUT2D eigenvalue weighted by molar-refractivity contribution is 6.78. The second-order valence-electron chi connectivity index (χ2n) is 10.3. The lowest BCUT2D eigenvalue weighted by Crippen LogP contribution is -2.48. The second-order valence-corrected chi connectivity index (χ2v) is 20.2. The van der Waals surface area contributed by atoms with Gasteiger partial charge >= 0.3 is 5.97 Å². The first-order chi connectivity index (χ1) is 11.5. The number of imidazole rings is 1. The average Bonchev–Trinajstić information content (AvgIpc) is 2.90. The molecule has 150 valence electrons. The molecule has 1 aromatic heterocycles. The average molecular weight is 398 g/mol. The van der Waals surface area contributed by atoms with E-state index in [9.17, 15) is 4.79 Å². The summed E-state index contributed by atoms with van der Waals surface area (Å²) in [5.74, 6) is -0.166. The molecule has 0 bridgehead atoms. The Morgan fingerprint density at radius 3 is 2.12 bits per heavy atom. The van der Waals surface area contributed by atoms with Crippen molar-refractivity contribution in [2.24, 2.45) is 0 Å². The summed E-state index contributed by atoms with van der Waals surface area (Å²) in [6, 6.07) is -0.369. The number of nitrogens with zero attached hydrogens (tertiary/aromatic N) is 2. The Morgan fingerprint density at radius 2 is 1.69 bits per heavy atom. The Hall–Kier alpha value is -0.926. The molecule has 1 heterocycles. The number of aromatic nitrogens is 2. The van der Waals surface area contributed by atoms with Crippen LogP contribution in [0.15, 0.2) is 12.5 Å². The van der Waals surface area contributed by atoms with E-state index in [0.29, 0.717) is 6.42 Å². The van der Waals surface area contributed by atoms with Crippen molar-refractivity contribution < 1.29 is 9.22 Å². The maximum atomic E-state index is 12.7. The van der Waals surface area contributed by atoms with Crippen LogP contribution in [0.1, 0.15) is 47.2 Å². The normalized spacial score (nSPS) is 15.0. The number of hydrogen-bond donors (Lipinski definition) is 1. The van der Waals surface area contributed by atoms with E-state index in [1.54, 1.807) is 0 Å². The van der Waals surface area contributed by atoms with E-state index in [-0.39, 0.29) is 22.1 Å². The number of carbonyl (C=O) groups excluding carboxylic acids is 1. The van der Waals surface area contributed by atoms with Crippen molar-refractivity contribution in [3.63, 3.8) is 0 Å². The summed E-state index contributed by atoms with van der Waals surface area (Å²) in [7, 11) is -2.00. The number of nitrogens with one attached hydrogen (secondary N) is 1. The smallest absolute Gasteiger partial charge is 0.310 e. The summed E-state index contributed by atoms with van der Waals surface area (Å²) in [6.45, 7) is 22.2. The zero-order chi connectivity index (χ0) is 20.6. The number of likely N-dealkylation sites (N-methyl/N-ethyl adjacent to an activating group) is 1. The first-order valence-corrected chi connectivity index (χ1v) is 15.3. The quantitative estimate of drug-likeness (QED) is 0.722. The first kappa shape index (κ1) is 23.1. The minimum absolute atomic E-state index is 0.00482. The molecule has 5 nitrogen and oxygen atoms in total. The lowest BCUT2D eigenvalue weighted by Gasteiger charge is -2.37. The Morgan fingerprint density at radius 1 is 1.15 bits per heavy atom. The van der Waals surface area contributed by atoms with Crippen LogP contribution < -0.4 is 5.32 Å². The Balaban J connectivity index is 2.92. The molecule has 0 aliphatic heterocycles. The van der Waals surface area contributed by atoms with Gasteiger partial charge in [-0.3, -0.25) is 4.79 Å². The predicted molar refractivity (Wildman–Crippen MR) is 115 cm³/mol. The molecule has 1 aromatic rings. The molecule has 0 saturated carbocycles. The fourth-order valence-corrected chi connectivity index (χ4v) is 4.69. The Labute approximate surface area is 162 Å². The van der Waals surface area contributed by atoms with Crippen LogP contribution in [0.2, 0.25) is 36.3 Å². The largest absolute Gasteiger partial charge is 0.518 e. The summed E-state index contributed by atoms with van der Waals surface area (Å²) in [5.41, 5.74) is 0.932. The van der Waals surface area contributed by atoms with Crippen LogP contribution in [-0.4, -0.2) is 44.8 Å². The molecule has 26 heavy (non-hydrogen) atoms. The van der Waals surface area contributed by atoms with E-state index in [2.05, 4.69) is 88.5 Å². The molecule has 0 aliphatic rings. The molecule has 1 N–H and O–H groups in total.